The van der Waals surface area contributed by atoms with Crippen LogP contribution in [0, 0.1) is 24.7 Å². The van der Waals surface area contributed by atoms with Crippen molar-refractivity contribution in [3.05, 3.63) is 242 Å². The first kappa shape index (κ1) is 118. The van der Waals surface area contributed by atoms with Gasteiger partial charge in [-0.25, -0.2) is 0 Å². The number of aliphatic hydroxyl groups excluding tert-OH is 2. The van der Waals surface area contributed by atoms with E-state index in [4.69, 9.17) is 14.9 Å². The summed E-state index contributed by atoms with van der Waals surface area (Å²) in [5.74, 6) is 7.59. The molecule has 2 aliphatic rings. The van der Waals surface area contributed by atoms with Crippen LogP contribution >= 0.6 is 0 Å². The van der Waals surface area contributed by atoms with Gasteiger partial charge in [-0.1, -0.05) is 408 Å². The Kier molecular flexibility index (Phi) is 85.6. The smallest absolute Gasteiger partial charge is 0.118 e. The second kappa shape index (κ2) is 74.5. The fourth-order valence-electron chi connectivity index (χ4n) is 10.5. The predicted molar refractivity (Wildman–Crippen MR) is 481 cm³/mol. The van der Waals surface area contributed by atoms with Crippen molar-refractivity contribution in [1.82, 2.24) is 0 Å². The molecule has 0 aromatic heterocycles. The van der Waals surface area contributed by atoms with Gasteiger partial charge in [0.15, 0.2) is 0 Å². The lowest BCUT2D eigenvalue weighted by molar-refractivity contribution is 0.281. The lowest BCUT2D eigenvalue weighted by Crippen LogP contribution is -2.20. The molecule has 7 aromatic rings. The van der Waals surface area contributed by atoms with Gasteiger partial charge < -0.3 is 14.9 Å². The van der Waals surface area contributed by atoms with Gasteiger partial charge >= 0.3 is 0 Å². The number of benzene rings is 7. The molecule has 7 aromatic carbocycles. The first-order valence-corrected chi connectivity index (χ1v) is 39.3. The average Bonchev–Trinajstić information content (AvgIpc) is 1.67. The first-order valence-electron chi connectivity index (χ1n) is 39.3. The average molecular weight is 1430 g/mol. The van der Waals surface area contributed by atoms with Gasteiger partial charge in [0.2, 0.25) is 0 Å². The van der Waals surface area contributed by atoms with E-state index in [2.05, 4.69) is 277 Å². The summed E-state index contributed by atoms with van der Waals surface area (Å²) in [7, 11) is 2.69. The van der Waals surface area contributed by atoms with Crippen LogP contribution in [-0.2, 0) is 37.7 Å². The Morgan fingerprint density at radius 3 is 1.03 bits per heavy atom. The van der Waals surface area contributed by atoms with E-state index in [-0.39, 0.29) is 49.2 Å². The van der Waals surface area contributed by atoms with E-state index in [1.165, 1.54) is 89.5 Å². The molecular formula is C100H178O3. The molecule has 0 saturated carbocycles. The normalized spacial score (nSPS) is 14.5. The van der Waals surface area contributed by atoms with Gasteiger partial charge in [-0.2, -0.15) is 0 Å². The zero-order chi connectivity index (χ0) is 76.4. The van der Waals surface area contributed by atoms with E-state index in [1.807, 2.05) is 107 Å². The summed E-state index contributed by atoms with van der Waals surface area (Å²) in [5, 5.41) is 15.9. The molecule has 0 bridgehead atoms. The van der Waals surface area contributed by atoms with E-state index >= 15 is 0 Å². The Morgan fingerprint density at radius 1 is 0.379 bits per heavy atom. The van der Waals surface area contributed by atoms with Crippen LogP contribution < -0.4 is 4.74 Å². The lowest BCUT2D eigenvalue weighted by Gasteiger charge is -2.27. The van der Waals surface area contributed by atoms with Crippen LogP contribution in [0.5, 0.6) is 5.75 Å². The highest BCUT2D eigenvalue weighted by Gasteiger charge is 2.25. The summed E-state index contributed by atoms with van der Waals surface area (Å²) in [6.45, 7) is 67.0. The summed E-state index contributed by atoms with van der Waals surface area (Å²) in [5.41, 5.74) is 18.9. The molecule has 0 spiro atoms. The highest BCUT2D eigenvalue weighted by molar-refractivity contribution is 5.36. The van der Waals surface area contributed by atoms with Gasteiger partial charge in [-0.15, -0.1) is 0 Å². The quantitative estimate of drug-likeness (QED) is 0.121. The van der Waals surface area contributed by atoms with Crippen LogP contribution in [0.2, 0.25) is 0 Å². The maximum absolute atomic E-state index is 8.92. The molecule has 0 aliphatic heterocycles. The summed E-state index contributed by atoms with van der Waals surface area (Å²) in [6.07, 6.45) is 11.0. The van der Waals surface area contributed by atoms with Gasteiger partial charge in [0.05, 0.1) is 13.7 Å². The monoisotopic (exact) mass is 1430 g/mol. The molecule has 9 unspecified atom stereocenters. The van der Waals surface area contributed by atoms with Crippen LogP contribution in [0.3, 0.4) is 0 Å². The fraction of sp³-hybridized carbons (Fsp3) is 0.580. The third-order valence-electron chi connectivity index (χ3n) is 18.5. The molecule has 9 rings (SSSR count). The van der Waals surface area contributed by atoms with Crippen LogP contribution in [-0.4, -0.2) is 24.4 Å². The highest BCUT2D eigenvalue weighted by atomic mass is 16.5. The summed E-state index contributed by atoms with van der Waals surface area (Å²) in [4.78, 5) is 0. The zero-order valence-electron chi connectivity index (χ0n) is 70.2. The standard InChI is InChI=1S/C14H22.C12H16.C12H18.2C11H16O.C11H14.C11H16.6C2H6.CH4O.5CH4/c1-6-11(2)12-8-7-9-13(10-12)14(3,4)5;1-9-7-11-5-3-4-6-12(11)8-10(9)2;1-4-10(3)12-8-6-7-11(5-2)9-12;1-4-9(2)10-5-7-11(12-3)8-6-10;1-3-9(2)11-6-4-5-10(7-11)8-12;1-8-7-10-5-3-4-6-11(10)9(8)2;1-4-10(3)11-7-5-9(2)6-8-11;7*1-2;;;;;/h7-11H,6H2,1-5H3;3-6,9-10H,7-8H2,1-2H3;6-10H,4-5H2,1-3H3;5-9H,4H2,1-3H3;4-7,9,12H,3,8H2,1-2H3;3-6,8-9H,7H2,1-2H3;5-8,10H,4H2,1-3H3;6*1-2H3;2H,1H3;5*1H4. The minimum atomic E-state index is 0. The minimum absolute atomic E-state index is 0. The number of hydrogen-bond donors (Lipinski definition) is 2. The largest absolute Gasteiger partial charge is 0.497 e. The van der Waals surface area contributed by atoms with Crippen molar-refractivity contribution >= 4 is 0 Å². The molecule has 2 N–H and O–H groups in total. The van der Waals surface area contributed by atoms with Crippen molar-refractivity contribution in [3.63, 3.8) is 0 Å². The number of methoxy groups -OCH3 is 1. The van der Waals surface area contributed by atoms with Crippen LogP contribution in [0.4, 0.5) is 0 Å². The Balaban J connectivity index is -0.000000118. The molecule has 3 nitrogen and oxygen atoms in total. The van der Waals surface area contributed by atoms with Gasteiger partial charge in [0, 0.05) is 7.11 Å². The maximum Gasteiger partial charge on any atom is 0.118 e. The lowest BCUT2D eigenvalue weighted by atomic mass is 9.78. The highest BCUT2D eigenvalue weighted by Crippen LogP contribution is 2.37. The molecule has 0 fully saturated rings. The van der Waals surface area contributed by atoms with Crippen LogP contribution in [0.15, 0.2) is 170 Å². The molecule has 0 saturated heterocycles. The van der Waals surface area contributed by atoms with Crippen molar-refractivity contribution in [2.24, 2.45) is 17.8 Å². The number of rotatable bonds is 13. The molecule has 2 aliphatic carbocycles. The van der Waals surface area contributed by atoms with Crippen molar-refractivity contribution in [3.8, 4) is 5.75 Å². The van der Waals surface area contributed by atoms with Crippen molar-refractivity contribution < 1.29 is 14.9 Å². The SMILES string of the molecule is C.C.C.C.C.CC.CC.CC.CC.CC.CC.CC1Cc2ccccc2C1C.CC1Cc2ccccc2CC1C.CCC(C)c1ccc(C)cc1.CCC(C)c1ccc(OC)cc1.CCC(C)c1cccc(C(C)(C)C)c1.CCC(C)c1cccc(CO)c1.CCc1cccc(C(C)CC)c1.CO. The number of aryl methyl sites for hydroxylation is 2. The molecule has 103 heavy (non-hydrogen) atoms. The van der Waals surface area contributed by atoms with Crippen LogP contribution in [0.1, 0.15) is 385 Å². The Morgan fingerprint density at radius 2 is 0.689 bits per heavy atom. The topological polar surface area (TPSA) is 49.7 Å². The summed E-state index contributed by atoms with van der Waals surface area (Å²) >= 11 is 0. The molecule has 0 amide bonds. The molecule has 3 heteroatoms. The van der Waals surface area contributed by atoms with Crippen LogP contribution in [0.25, 0.3) is 0 Å². The third kappa shape index (κ3) is 48.9. The number of aliphatic hydroxyl groups is 2. The fourth-order valence-corrected chi connectivity index (χ4v) is 10.5. The predicted octanol–water partition coefficient (Wildman–Crippen LogP) is 32.7. The number of ether oxygens (including phenoxy) is 1. The third-order valence-corrected chi connectivity index (χ3v) is 18.5. The molecule has 0 heterocycles. The Bertz CT molecular complexity index is 2770. The van der Waals surface area contributed by atoms with Crippen molar-refractivity contribution in [1.29, 1.82) is 0 Å². The van der Waals surface area contributed by atoms with Gasteiger partial charge in [0.1, 0.15) is 5.75 Å². The van der Waals surface area contributed by atoms with Crippen molar-refractivity contribution in [2.75, 3.05) is 14.2 Å². The Labute approximate surface area is 648 Å². The van der Waals surface area contributed by atoms with Crippen molar-refractivity contribution in [2.45, 2.75) is 357 Å². The number of fused-ring (bicyclic) bond motifs is 2. The molecule has 9 atom stereocenters. The zero-order valence-corrected chi connectivity index (χ0v) is 70.2. The van der Waals surface area contributed by atoms with Gasteiger partial charge in [0.25, 0.3) is 0 Å². The molecular weight excluding hydrogens is 1250 g/mol. The summed E-state index contributed by atoms with van der Waals surface area (Å²) < 4.78 is 5.08. The van der Waals surface area contributed by atoms with E-state index in [0.717, 1.165) is 54.9 Å². The molecule has 596 valence electrons. The Hall–Kier alpha value is -5.74. The second-order valence-electron chi connectivity index (χ2n) is 25.9. The van der Waals surface area contributed by atoms with E-state index in [0.29, 0.717) is 29.6 Å². The maximum atomic E-state index is 8.92. The summed E-state index contributed by atoms with van der Waals surface area (Å²) in [6, 6.07) is 60.9. The number of hydrogen-bond acceptors (Lipinski definition) is 3. The van der Waals surface area contributed by atoms with E-state index in [1.54, 1.807) is 29.4 Å². The van der Waals surface area contributed by atoms with E-state index in [9.17, 15) is 0 Å². The first-order chi connectivity index (χ1) is 47.1. The van der Waals surface area contributed by atoms with Gasteiger partial charge in [-0.3, -0.25) is 0 Å². The van der Waals surface area contributed by atoms with Gasteiger partial charge in [-0.05, 0) is 202 Å². The second-order valence-corrected chi connectivity index (χ2v) is 25.9. The molecule has 0 radical (unpaired) electrons. The van der Waals surface area contributed by atoms with E-state index < -0.39 is 0 Å². The minimum Gasteiger partial charge on any atom is -0.497 e.